The van der Waals surface area contributed by atoms with Gasteiger partial charge in [0, 0.05) is 4.90 Å². The smallest absolute Gasteiger partial charge is 0.174 e. The molecule has 0 aliphatic heterocycles. The first-order valence-corrected chi connectivity index (χ1v) is 6.08. The third kappa shape index (κ3) is 2.56. The van der Waals surface area contributed by atoms with Crippen LogP contribution >= 0.6 is 23.3 Å². The van der Waals surface area contributed by atoms with E-state index in [0.29, 0.717) is 0 Å². The van der Waals surface area contributed by atoms with E-state index in [0.717, 1.165) is 14.8 Å². The molecule has 2 rings (SSSR count). The van der Waals surface area contributed by atoms with Crippen LogP contribution in [0, 0.1) is 0 Å². The van der Waals surface area contributed by atoms with Gasteiger partial charge in [0.1, 0.15) is 6.33 Å². The van der Waals surface area contributed by atoms with Crippen LogP contribution in [0.3, 0.4) is 0 Å². The van der Waals surface area contributed by atoms with Crippen molar-refractivity contribution in [1.82, 2.24) is 9.36 Å². The van der Waals surface area contributed by atoms with Crippen molar-refractivity contribution in [3.8, 4) is 0 Å². The van der Waals surface area contributed by atoms with Crippen LogP contribution in [0.25, 0.3) is 0 Å². The lowest BCUT2D eigenvalue weighted by molar-refractivity contribution is 0.196. The fraction of sp³-hybridized carbons (Fsp3) is 0.200. The van der Waals surface area contributed by atoms with E-state index in [4.69, 9.17) is 0 Å². The van der Waals surface area contributed by atoms with Gasteiger partial charge in [-0.3, -0.25) is 0 Å². The molecule has 1 N–H and O–H groups in total. The first kappa shape index (κ1) is 10.6. The largest absolute Gasteiger partial charge is 0.389 e. The highest BCUT2D eigenvalue weighted by molar-refractivity contribution is 8.01. The van der Waals surface area contributed by atoms with Gasteiger partial charge < -0.3 is 5.11 Å². The average Bonchev–Trinajstić information content (AvgIpc) is 2.71. The molecule has 0 saturated carbocycles. The molecule has 0 radical (unpaired) electrons. The van der Waals surface area contributed by atoms with E-state index in [1.54, 1.807) is 6.92 Å². The summed E-state index contributed by atoms with van der Waals surface area (Å²) in [6, 6.07) is 7.78. The first-order valence-electron chi connectivity index (χ1n) is 4.49. The molecule has 2 aromatic rings. The van der Waals surface area contributed by atoms with E-state index >= 15 is 0 Å². The Bertz CT molecular complexity index is 429. The number of nitrogens with zero attached hydrogens (tertiary/aromatic N) is 2. The number of benzene rings is 1. The zero-order chi connectivity index (χ0) is 10.7. The fourth-order valence-corrected chi connectivity index (χ4v) is 2.84. The fourth-order valence-electron chi connectivity index (χ4n) is 1.22. The number of rotatable bonds is 3. The summed E-state index contributed by atoms with van der Waals surface area (Å²) in [5.74, 6) is 0. The maximum atomic E-state index is 9.59. The molecule has 0 bridgehead atoms. The van der Waals surface area contributed by atoms with Crippen LogP contribution in [0.15, 0.2) is 39.8 Å². The molecule has 3 nitrogen and oxygen atoms in total. The van der Waals surface area contributed by atoms with Crippen molar-refractivity contribution in [3.05, 3.63) is 36.2 Å². The highest BCUT2D eigenvalue weighted by Crippen LogP contribution is 2.33. The molecular weight excluding hydrogens is 228 g/mol. The van der Waals surface area contributed by atoms with Gasteiger partial charge in [0.05, 0.1) is 6.10 Å². The quantitative estimate of drug-likeness (QED) is 0.893. The Morgan fingerprint density at radius 3 is 2.87 bits per heavy atom. The van der Waals surface area contributed by atoms with Gasteiger partial charge in [0.15, 0.2) is 4.34 Å². The lowest BCUT2D eigenvalue weighted by Crippen LogP contribution is -1.92. The molecule has 0 unspecified atom stereocenters. The van der Waals surface area contributed by atoms with Crippen molar-refractivity contribution in [3.63, 3.8) is 0 Å². The van der Waals surface area contributed by atoms with Crippen LogP contribution < -0.4 is 0 Å². The van der Waals surface area contributed by atoms with Crippen molar-refractivity contribution in [1.29, 1.82) is 0 Å². The minimum Gasteiger partial charge on any atom is -0.389 e. The van der Waals surface area contributed by atoms with Crippen LogP contribution in [0.2, 0.25) is 0 Å². The second kappa shape index (κ2) is 4.74. The second-order valence-corrected chi connectivity index (χ2v) is 5.09. The van der Waals surface area contributed by atoms with Crippen molar-refractivity contribution < 1.29 is 5.11 Å². The molecule has 1 heterocycles. The predicted molar refractivity (Wildman–Crippen MR) is 61.1 cm³/mol. The molecule has 0 fully saturated rings. The summed E-state index contributed by atoms with van der Waals surface area (Å²) in [5.41, 5.74) is 0.928. The molecule has 0 saturated heterocycles. The summed E-state index contributed by atoms with van der Waals surface area (Å²) >= 11 is 2.89. The second-order valence-electron chi connectivity index (χ2n) is 3.02. The summed E-state index contributed by atoms with van der Waals surface area (Å²) in [4.78, 5) is 5.13. The molecule has 0 aliphatic rings. The highest BCUT2D eigenvalue weighted by Gasteiger charge is 2.09. The van der Waals surface area contributed by atoms with E-state index in [2.05, 4.69) is 9.36 Å². The molecule has 0 amide bonds. The van der Waals surface area contributed by atoms with Gasteiger partial charge in [0.2, 0.25) is 0 Å². The molecule has 1 atom stereocenters. The minimum atomic E-state index is -0.457. The average molecular weight is 238 g/mol. The van der Waals surface area contributed by atoms with Crippen LogP contribution in [-0.2, 0) is 0 Å². The van der Waals surface area contributed by atoms with Crippen molar-refractivity contribution in [2.45, 2.75) is 22.3 Å². The maximum absolute atomic E-state index is 9.59. The first-order chi connectivity index (χ1) is 7.27. The Morgan fingerprint density at radius 1 is 1.40 bits per heavy atom. The van der Waals surface area contributed by atoms with Crippen molar-refractivity contribution in [2.24, 2.45) is 0 Å². The van der Waals surface area contributed by atoms with E-state index in [9.17, 15) is 5.11 Å². The van der Waals surface area contributed by atoms with Crippen LogP contribution in [0.4, 0.5) is 0 Å². The highest BCUT2D eigenvalue weighted by atomic mass is 32.2. The summed E-state index contributed by atoms with van der Waals surface area (Å²) in [5, 5.41) is 9.59. The lowest BCUT2D eigenvalue weighted by Gasteiger charge is -2.09. The van der Waals surface area contributed by atoms with E-state index in [1.165, 1.54) is 29.6 Å². The predicted octanol–water partition coefficient (Wildman–Crippen LogP) is 2.74. The summed E-state index contributed by atoms with van der Waals surface area (Å²) in [7, 11) is 0. The Labute approximate surface area is 96.4 Å². The molecule has 0 aliphatic carbocycles. The van der Waals surface area contributed by atoms with Gasteiger partial charge in [-0.2, -0.15) is 4.37 Å². The lowest BCUT2D eigenvalue weighted by atomic mass is 10.1. The van der Waals surface area contributed by atoms with Crippen molar-refractivity contribution >= 4 is 23.3 Å². The molecule has 78 valence electrons. The monoisotopic (exact) mass is 238 g/mol. The Balaban J connectivity index is 2.28. The summed E-state index contributed by atoms with van der Waals surface area (Å²) in [6.45, 7) is 1.76. The molecule has 5 heteroatoms. The molecular formula is C10H10N2OS2. The van der Waals surface area contributed by atoms with Gasteiger partial charge in [-0.05, 0) is 30.1 Å². The van der Waals surface area contributed by atoms with Gasteiger partial charge in [0.25, 0.3) is 0 Å². The van der Waals surface area contributed by atoms with E-state index < -0.39 is 6.10 Å². The van der Waals surface area contributed by atoms with Gasteiger partial charge in [-0.15, -0.1) is 0 Å². The van der Waals surface area contributed by atoms with Crippen LogP contribution in [-0.4, -0.2) is 14.5 Å². The summed E-state index contributed by atoms with van der Waals surface area (Å²) in [6.07, 6.45) is 1.08. The zero-order valence-corrected chi connectivity index (χ0v) is 9.76. The Kier molecular flexibility index (Phi) is 3.35. The van der Waals surface area contributed by atoms with Gasteiger partial charge in [-0.1, -0.05) is 30.0 Å². The molecule has 15 heavy (non-hydrogen) atoms. The Hall–Kier alpha value is -0.910. The van der Waals surface area contributed by atoms with E-state index in [1.807, 2.05) is 24.3 Å². The van der Waals surface area contributed by atoms with E-state index in [-0.39, 0.29) is 0 Å². The third-order valence-electron chi connectivity index (χ3n) is 1.91. The van der Waals surface area contributed by atoms with Crippen molar-refractivity contribution in [2.75, 3.05) is 0 Å². The number of aliphatic hydroxyl groups excluding tert-OH is 1. The zero-order valence-electron chi connectivity index (χ0n) is 8.12. The standard InChI is InChI=1S/C10H10N2OS2/c1-7(13)8-4-2-3-5-9(8)14-10-11-6-12-15-10/h2-7,13H,1H3/t7-/m1/s1. The number of hydrogen-bond acceptors (Lipinski definition) is 5. The van der Waals surface area contributed by atoms with Gasteiger partial charge in [-0.25, -0.2) is 4.98 Å². The maximum Gasteiger partial charge on any atom is 0.174 e. The minimum absolute atomic E-state index is 0.457. The number of aromatic nitrogens is 2. The topological polar surface area (TPSA) is 46.0 Å². The van der Waals surface area contributed by atoms with Gasteiger partial charge >= 0.3 is 0 Å². The molecule has 1 aromatic carbocycles. The Morgan fingerprint density at radius 2 is 2.20 bits per heavy atom. The number of hydrogen-bond donors (Lipinski definition) is 1. The molecule has 0 spiro atoms. The SMILES string of the molecule is C[C@@H](O)c1ccccc1Sc1ncns1. The van der Waals surface area contributed by atoms with Crippen LogP contribution in [0.1, 0.15) is 18.6 Å². The third-order valence-corrected chi connectivity index (χ3v) is 3.71. The van der Waals surface area contributed by atoms with Crippen LogP contribution in [0.5, 0.6) is 0 Å². The summed E-state index contributed by atoms with van der Waals surface area (Å²) < 4.78 is 4.83. The molecule has 1 aromatic heterocycles. The normalized spacial score (nSPS) is 12.7. The number of aliphatic hydroxyl groups is 1.